The summed E-state index contributed by atoms with van der Waals surface area (Å²) in [6, 6.07) is 10.4. The Morgan fingerprint density at radius 3 is 2.68 bits per heavy atom. The Kier molecular flexibility index (Phi) is 6.27. The number of pyridine rings is 2. The fraction of sp³-hybridized carbons (Fsp3) is 0.400. The molecule has 0 aliphatic carbocycles. The third-order valence-electron chi connectivity index (χ3n) is 7.10. The summed E-state index contributed by atoms with van der Waals surface area (Å²) in [5.41, 5.74) is 1.87. The van der Waals surface area contributed by atoms with Gasteiger partial charge in [-0.2, -0.15) is 0 Å². The molecule has 0 bridgehead atoms. The molecule has 2 N–H and O–H groups in total. The second-order valence-electron chi connectivity index (χ2n) is 9.07. The van der Waals surface area contributed by atoms with Crippen molar-refractivity contribution in [3.63, 3.8) is 0 Å². The topological polar surface area (TPSA) is 81.3 Å². The van der Waals surface area contributed by atoms with Gasteiger partial charge in [-0.3, -0.25) is 14.5 Å². The molecule has 9 heteroatoms. The number of amides is 1. The number of aromatic nitrogens is 2. The lowest BCUT2D eigenvalue weighted by Gasteiger charge is -2.38. The number of nitrogens with one attached hydrogen (secondary N) is 2. The fourth-order valence-corrected chi connectivity index (χ4v) is 5.51. The van der Waals surface area contributed by atoms with Crippen LogP contribution in [0.4, 0.5) is 10.1 Å². The van der Waals surface area contributed by atoms with Gasteiger partial charge in [-0.25, -0.2) is 9.37 Å². The molecular formula is C25H27ClFN5O2. The van der Waals surface area contributed by atoms with Crippen LogP contribution < -0.4 is 15.8 Å². The molecule has 2 aliphatic rings. The number of halogens is 2. The summed E-state index contributed by atoms with van der Waals surface area (Å²) < 4.78 is 13.5. The third-order valence-corrected chi connectivity index (χ3v) is 7.38. The predicted octanol–water partition coefficient (Wildman–Crippen LogP) is 3.53. The van der Waals surface area contributed by atoms with Crippen LogP contribution in [0.5, 0.6) is 0 Å². The Morgan fingerprint density at radius 2 is 1.94 bits per heavy atom. The van der Waals surface area contributed by atoms with Crippen molar-refractivity contribution in [3.05, 3.63) is 69.1 Å². The van der Waals surface area contributed by atoms with Gasteiger partial charge in [0, 0.05) is 49.7 Å². The van der Waals surface area contributed by atoms with E-state index in [2.05, 4.69) is 25.1 Å². The number of hydrogen-bond donors (Lipinski definition) is 2. The Balaban J connectivity index is 1.22. The highest BCUT2D eigenvalue weighted by atomic mass is 35.5. The highest BCUT2D eigenvalue weighted by Gasteiger charge is 2.32. The zero-order chi connectivity index (χ0) is 23.8. The van der Waals surface area contributed by atoms with Gasteiger partial charge in [0.1, 0.15) is 11.5 Å². The molecule has 2 aliphatic heterocycles. The van der Waals surface area contributed by atoms with Gasteiger partial charge in [-0.15, -0.1) is 0 Å². The molecule has 2 aromatic heterocycles. The van der Waals surface area contributed by atoms with E-state index in [1.807, 2.05) is 12.1 Å². The highest BCUT2D eigenvalue weighted by molar-refractivity contribution is 6.32. The van der Waals surface area contributed by atoms with E-state index < -0.39 is 5.82 Å². The standard InChI is InChI=1S/C25H27ClFN5O2/c1-28-25(34)20-4-5-22(23(26)29-20)31-10-7-18(8-11-31)32-9-6-16(14-32)21-12-15-2-3-17(27)13-19(15)24(33)30-21/h2-5,12-13,16,18H,6-11,14H2,1H3,(H,28,34)(H,30,33). The van der Waals surface area contributed by atoms with Gasteiger partial charge in [-0.1, -0.05) is 17.7 Å². The Hall–Kier alpha value is -2.97. The van der Waals surface area contributed by atoms with Crippen LogP contribution in [0, 0.1) is 5.82 Å². The van der Waals surface area contributed by atoms with Crippen LogP contribution in [0.25, 0.3) is 10.8 Å². The zero-order valence-corrected chi connectivity index (χ0v) is 19.7. The van der Waals surface area contributed by atoms with Crippen molar-refractivity contribution in [2.45, 2.75) is 31.2 Å². The second-order valence-corrected chi connectivity index (χ2v) is 9.43. The second kappa shape index (κ2) is 9.35. The predicted molar refractivity (Wildman–Crippen MR) is 131 cm³/mol. The first-order valence-corrected chi connectivity index (χ1v) is 12.0. The summed E-state index contributed by atoms with van der Waals surface area (Å²) in [5, 5.41) is 4.08. The summed E-state index contributed by atoms with van der Waals surface area (Å²) in [4.78, 5) is 36.2. The number of rotatable bonds is 4. The number of aromatic amines is 1. The number of H-pyrrole nitrogens is 1. The first-order valence-electron chi connectivity index (χ1n) is 11.6. The number of likely N-dealkylation sites (tertiary alicyclic amines) is 1. The van der Waals surface area contributed by atoms with E-state index in [4.69, 9.17) is 11.6 Å². The minimum absolute atomic E-state index is 0.230. The molecule has 1 aromatic carbocycles. The molecule has 5 rings (SSSR count). The Bertz CT molecular complexity index is 1290. The number of piperidine rings is 1. The van der Waals surface area contributed by atoms with Crippen LogP contribution in [-0.2, 0) is 0 Å². The number of anilines is 1. The minimum Gasteiger partial charge on any atom is -0.369 e. The molecule has 2 saturated heterocycles. The number of benzene rings is 1. The third kappa shape index (κ3) is 4.40. The number of carbonyl (C=O) groups is 1. The largest absolute Gasteiger partial charge is 0.369 e. The van der Waals surface area contributed by atoms with E-state index >= 15 is 0 Å². The summed E-state index contributed by atoms with van der Waals surface area (Å²) in [6.45, 7) is 3.62. The SMILES string of the molecule is CNC(=O)c1ccc(N2CCC(N3CCC(c4cc5ccc(F)cc5c(=O)[nH]4)C3)CC2)c(Cl)n1. The zero-order valence-electron chi connectivity index (χ0n) is 19.0. The molecule has 0 radical (unpaired) electrons. The van der Waals surface area contributed by atoms with Crippen LogP contribution in [0.2, 0.25) is 5.15 Å². The van der Waals surface area contributed by atoms with E-state index in [-0.39, 0.29) is 17.4 Å². The summed E-state index contributed by atoms with van der Waals surface area (Å²) in [7, 11) is 1.57. The van der Waals surface area contributed by atoms with Crippen molar-refractivity contribution in [1.82, 2.24) is 20.2 Å². The van der Waals surface area contributed by atoms with Gasteiger partial charge in [0.15, 0.2) is 5.15 Å². The molecule has 34 heavy (non-hydrogen) atoms. The van der Waals surface area contributed by atoms with Crippen molar-refractivity contribution in [2.24, 2.45) is 0 Å². The Morgan fingerprint density at radius 1 is 1.15 bits per heavy atom. The van der Waals surface area contributed by atoms with Crippen molar-refractivity contribution in [1.29, 1.82) is 0 Å². The molecule has 0 saturated carbocycles. The van der Waals surface area contributed by atoms with Crippen LogP contribution >= 0.6 is 11.6 Å². The van der Waals surface area contributed by atoms with Gasteiger partial charge < -0.3 is 15.2 Å². The van der Waals surface area contributed by atoms with Gasteiger partial charge in [0.05, 0.1) is 5.69 Å². The van der Waals surface area contributed by atoms with E-state index in [1.54, 1.807) is 19.2 Å². The summed E-state index contributed by atoms with van der Waals surface area (Å²) in [5.74, 6) is -0.393. The van der Waals surface area contributed by atoms with Crippen LogP contribution in [0.1, 0.15) is 41.4 Å². The normalized spacial score (nSPS) is 19.6. The monoisotopic (exact) mass is 483 g/mol. The molecule has 1 amide bonds. The van der Waals surface area contributed by atoms with Gasteiger partial charge in [-0.05, 0) is 61.5 Å². The maximum absolute atomic E-state index is 13.5. The number of hydrogen-bond acceptors (Lipinski definition) is 5. The Labute approximate surface area is 201 Å². The first-order chi connectivity index (χ1) is 16.4. The van der Waals surface area contributed by atoms with Crippen molar-refractivity contribution >= 4 is 34.0 Å². The first kappa shape index (κ1) is 22.8. The van der Waals surface area contributed by atoms with E-state index in [1.165, 1.54) is 12.1 Å². The van der Waals surface area contributed by atoms with E-state index in [9.17, 15) is 14.0 Å². The quantitative estimate of drug-likeness (QED) is 0.555. The fourth-order valence-electron chi connectivity index (χ4n) is 5.24. The van der Waals surface area contributed by atoms with Gasteiger partial charge in [0.25, 0.3) is 11.5 Å². The average Bonchev–Trinajstić information content (AvgIpc) is 3.34. The van der Waals surface area contributed by atoms with Gasteiger partial charge in [0.2, 0.25) is 0 Å². The highest BCUT2D eigenvalue weighted by Crippen LogP contribution is 2.33. The maximum Gasteiger partial charge on any atom is 0.269 e. The van der Waals surface area contributed by atoms with Crippen molar-refractivity contribution < 1.29 is 9.18 Å². The van der Waals surface area contributed by atoms with Crippen molar-refractivity contribution in [3.8, 4) is 0 Å². The van der Waals surface area contributed by atoms with Crippen LogP contribution in [-0.4, -0.2) is 60.0 Å². The van der Waals surface area contributed by atoms with Crippen molar-refractivity contribution in [2.75, 3.05) is 38.1 Å². The summed E-state index contributed by atoms with van der Waals surface area (Å²) >= 11 is 6.38. The molecule has 2 fully saturated rings. The maximum atomic E-state index is 13.5. The van der Waals surface area contributed by atoms with E-state index in [0.29, 0.717) is 22.3 Å². The smallest absolute Gasteiger partial charge is 0.269 e. The molecule has 178 valence electrons. The van der Waals surface area contributed by atoms with E-state index in [0.717, 1.165) is 62.2 Å². The number of carbonyl (C=O) groups excluding carboxylic acids is 1. The molecule has 0 spiro atoms. The number of nitrogens with zero attached hydrogens (tertiary/aromatic N) is 3. The molecular weight excluding hydrogens is 457 g/mol. The lowest BCUT2D eigenvalue weighted by molar-refractivity contribution is 0.0958. The van der Waals surface area contributed by atoms with Gasteiger partial charge >= 0.3 is 0 Å². The van der Waals surface area contributed by atoms with Crippen LogP contribution in [0.15, 0.2) is 41.2 Å². The molecule has 4 heterocycles. The average molecular weight is 484 g/mol. The number of fused-ring (bicyclic) bond motifs is 1. The summed E-state index contributed by atoms with van der Waals surface area (Å²) in [6.07, 6.45) is 3.00. The molecule has 1 unspecified atom stereocenters. The molecule has 3 aromatic rings. The lowest BCUT2D eigenvalue weighted by atomic mass is 10.0. The molecule has 7 nitrogen and oxygen atoms in total. The van der Waals surface area contributed by atoms with Crippen LogP contribution in [0.3, 0.4) is 0 Å². The minimum atomic E-state index is -0.399. The lowest BCUT2D eigenvalue weighted by Crippen LogP contribution is -2.44. The molecule has 1 atom stereocenters.